The summed E-state index contributed by atoms with van der Waals surface area (Å²) >= 11 is 0. The van der Waals surface area contributed by atoms with Crippen LogP contribution in [0.5, 0.6) is 0 Å². The Kier molecular flexibility index (Phi) is 13.4. The molecule has 1 unspecified atom stereocenters. The van der Waals surface area contributed by atoms with E-state index < -0.39 is 79.4 Å². The summed E-state index contributed by atoms with van der Waals surface area (Å²) in [6.45, 7) is 6.60. The summed E-state index contributed by atoms with van der Waals surface area (Å²) in [7, 11) is 0. The van der Waals surface area contributed by atoms with Crippen molar-refractivity contribution >= 4 is 12.0 Å². The van der Waals surface area contributed by atoms with E-state index in [0.717, 1.165) is 0 Å². The van der Waals surface area contributed by atoms with Gasteiger partial charge in [-0.3, -0.25) is 4.79 Å². The smallest absolute Gasteiger partial charge is 0.407 e. The predicted octanol–water partition coefficient (Wildman–Crippen LogP) is -1.40. The van der Waals surface area contributed by atoms with Gasteiger partial charge < -0.3 is 65.2 Å². The summed E-state index contributed by atoms with van der Waals surface area (Å²) in [4.78, 5) is 25.1. The number of allylic oxidation sites excluding steroid dienone is 1. The molecule has 0 radical (unpaired) electrons. The van der Waals surface area contributed by atoms with Gasteiger partial charge in [-0.1, -0.05) is 6.92 Å². The molecule has 15 nitrogen and oxygen atoms in total. The molecule has 1 saturated heterocycles. The molecule has 2 amide bonds. The molecule has 2 heterocycles. The predicted molar refractivity (Wildman–Crippen MR) is 150 cm³/mol. The second-order valence-electron chi connectivity index (χ2n) is 12.4. The maximum Gasteiger partial charge on any atom is 0.407 e. The minimum Gasteiger partial charge on any atom is -0.468 e. The number of carbonyl (C=O) groups is 2. The van der Waals surface area contributed by atoms with Gasteiger partial charge in [-0.05, 0) is 52.0 Å². The number of hydrogen-bond donors (Lipinski definition) is 8. The van der Waals surface area contributed by atoms with Crippen LogP contribution in [0, 0.1) is 5.92 Å². The van der Waals surface area contributed by atoms with Gasteiger partial charge in [0, 0.05) is 13.0 Å². The van der Waals surface area contributed by atoms with Crippen LogP contribution >= 0.6 is 0 Å². The van der Waals surface area contributed by atoms with Crippen molar-refractivity contribution in [3.63, 3.8) is 0 Å². The zero-order valence-corrected chi connectivity index (χ0v) is 25.3. The topological polar surface area (TPSA) is 218 Å². The van der Waals surface area contributed by atoms with E-state index in [1.807, 2.05) is 13.0 Å². The van der Waals surface area contributed by atoms with Crippen LogP contribution in [0.4, 0.5) is 4.79 Å². The first-order chi connectivity index (χ1) is 20.3. The molecule has 0 bridgehead atoms. The van der Waals surface area contributed by atoms with Gasteiger partial charge in [0.25, 0.3) is 0 Å². The van der Waals surface area contributed by atoms with Gasteiger partial charge in [-0.15, -0.1) is 0 Å². The normalized spacial score (nSPS) is 34.0. The molecule has 3 rings (SSSR count). The third kappa shape index (κ3) is 11.1. The minimum absolute atomic E-state index is 0.0205. The number of hydrogen-bond acceptors (Lipinski definition) is 13. The monoisotopic (exact) mass is 619 g/mol. The van der Waals surface area contributed by atoms with E-state index in [9.17, 15) is 30.0 Å². The second kappa shape index (κ2) is 16.3. The Morgan fingerprint density at radius 3 is 2.44 bits per heavy atom. The fraction of sp³-hybridized carbons (Fsp3) is 0.857. The fourth-order valence-corrected chi connectivity index (χ4v) is 5.26. The highest BCUT2D eigenvalue weighted by atomic mass is 16.7. The van der Waals surface area contributed by atoms with Gasteiger partial charge in [0.15, 0.2) is 12.6 Å². The molecule has 2 fully saturated rings. The summed E-state index contributed by atoms with van der Waals surface area (Å²) < 4.78 is 29.4. The van der Waals surface area contributed by atoms with Crippen molar-refractivity contribution in [3.05, 3.63) is 11.8 Å². The van der Waals surface area contributed by atoms with Gasteiger partial charge in [0.2, 0.25) is 5.91 Å². The number of amides is 2. The summed E-state index contributed by atoms with van der Waals surface area (Å²) in [5.41, 5.74) is -0.807. The number of aliphatic hydroxyl groups excluding tert-OH is 5. The molecule has 248 valence electrons. The first-order valence-electron chi connectivity index (χ1n) is 14.8. The number of rotatable bonds is 12. The van der Waals surface area contributed by atoms with E-state index in [2.05, 4.69) is 16.0 Å². The highest BCUT2D eigenvalue weighted by Crippen LogP contribution is 2.32. The lowest BCUT2D eigenvalue weighted by atomic mass is 9.83. The number of nitrogens with one attached hydrogen (secondary N) is 3. The lowest BCUT2D eigenvalue weighted by Crippen LogP contribution is -2.67. The first-order valence-corrected chi connectivity index (χ1v) is 14.8. The molecule has 3 aliphatic rings. The Morgan fingerprint density at radius 1 is 1.09 bits per heavy atom. The van der Waals surface area contributed by atoms with Crippen molar-refractivity contribution < 1.29 is 58.8 Å². The van der Waals surface area contributed by atoms with Crippen molar-refractivity contribution in [2.45, 2.75) is 114 Å². The first kappa shape index (κ1) is 35.4. The molecule has 15 heteroatoms. The Morgan fingerprint density at radius 2 is 1.79 bits per heavy atom. The van der Waals surface area contributed by atoms with Gasteiger partial charge in [-0.2, -0.15) is 0 Å². The second-order valence-corrected chi connectivity index (χ2v) is 12.4. The zero-order chi connectivity index (χ0) is 31.7. The zero-order valence-electron chi connectivity index (χ0n) is 25.3. The molecule has 0 aromatic heterocycles. The van der Waals surface area contributed by atoms with E-state index >= 15 is 0 Å². The van der Waals surface area contributed by atoms with Crippen molar-refractivity contribution in [1.29, 1.82) is 0 Å². The third-order valence-electron chi connectivity index (χ3n) is 7.22. The fourth-order valence-electron chi connectivity index (χ4n) is 5.26. The Balaban J connectivity index is 1.81. The molecular formula is C28H49N3O12. The van der Waals surface area contributed by atoms with Crippen molar-refractivity contribution in [2.75, 3.05) is 32.9 Å². The maximum atomic E-state index is 12.8. The number of carbonyl (C=O) groups excluding carboxylic acids is 2. The van der Waals surface area contributed by atoms with Crippen LogP contribution in [-0.4, -0.2) is 131 Å². The Bertz CT molecular complexity index is 931. The number of alkyl carbamates (subject to hydrolysis) is 1. The van der Waals surface area contributed by atoms with E-state index in [4.69, 9.17) is 28.8 Å². The van der Waals surface area contributed by atoms with E-state index in [1.165, 1.54) is 0 Å². The number of ether oxygens (including phenoxy) is 5. The van der Waals surface area contributed by atoms with Gasteiger partial charge >= 0.3 is 6.09 Å². The molecule has 8 N–H and O–H groups in total. The highest BCUT2D eigenvalue weighted by Gasteiger charge is 2.50. The lowest BCUT2D eigenvalue weighted by molar-refractivity contribution is -0.283. The molecule has 1 aliphatic carbocycles. The largest absolute Gasteiger partial charge is 0.468 e. The molecular weight excluding hydrogens is 570 g/mol. The SMILES string of the molecule is C[C@@H]1CO[C@H](O[C@@H]2[C@@H](O)[C@H](O[C@@H]3CCC=C(CNCC(O)CO)O3)[C@@H](NC(=O)OC(C)(C)C)C[C@H]2NC(=O)CO)[C@H](O)C1. The average molecular weight is 620 g/mol. The summed E-state index contributed by atoms with van der Waals surface area (Å²) in [5.74, 6) is -0.0807. The van der Waals surface area contributed by atoms with E-state index in [-0.39, 0.29) is 32.0 Å². The molecule has 0 aromatic rings. The molecule has 1 saturated carbocycles. The average Bonchev–Trinajstić information content (AvgIpc) is 2.93. The van der Waals surface area contributed by atoms with Gasteiger partial charge in [0.05, 0.1) is 37.9 Å². The van der Waals surface area contributed by atoms with Gasteiger partial charge in [0.1, 0.15) is 42.4 Å². The molecule has 0 aromatic carbocycles. The summed E-state index contributed by atoms with van der Waals surface area (Å²) in [6.07, 6.45) is -4.95. The van der Waals surface area contributed by atoms with E-state index in [1.54, 1.807) is 20.8 Å². The van der Waals surface area contributed by atoms with Crippen LogP contribution in [0.15, 0.2) is 11.8 Å². The minimum atomic E-state index is -1.45. The maximum absolute atomic E-state index is 12.8. The molecule has 2 aliphatic heterocycles. The standard InChI is InChI=1S/C28H49N3O12/c1-15-8-20(35)26(39-14-15)42-25-18(30-21(36)13-33)9-19(31-27(38)43-28(2,3)4)24(23(25)37)41-22-7-5-6-17(40-22)11-29-10-16(34)12-32/h6,15-16,18-20,22-26,29,32-35,37H,5,7-14H2,1-4H3,(H,30,36)(H,31,38)/t15-,16?,18+,19-,20+,22+,23-,24+,25-,26+/m0/s1. The van der Waals surface area contributed by atoms with Crippen LogP contribution < -0.4 is 16.0 Å². The molecule has 0 spiro atoms. The molecule has 43 heavy (non-hydrogen) atoms. The van der Waals surface area contributed by atoms with Crippen LogP contribution in [0.3, 0.4) is 0 Å². The van der Waals surface area contributed by atoms with Crippen molar-refractivity contribution in [1.82, 2.24) is 16.0 Å². The highest BCUT2D eigenvalue weighted by molar-refractivity contribution is 5.77. The van der Waals surface area contributed by atoms with Crippen LogP contribution in [-0.2, 0) is 28.5 Å². The van der Waals surface area contributed by atoms with Crippen LogP contribution in [0.1, 0.15) is 53.4 Å². The van der Waals surface area contributed by atoms with Crippen LogP contribution in [0.2, 0.25) is 0 Å². The Hall–Kier alpha value is -2.08. The van der Waals surface area contributed by atoms with Crippen LogP contribution in [0.25, 0.3) is 0 Å². The summed E-state index contributed by atoms with van der Waals surface area (Å²) in [6, 6.07) is -1.80. The molecule has 10 atom stereocenters. The van der Waals surface area contributed by atoms with Crippen molar-refractivity contribution in [2.24, 2.45) is 5.92 Å². The van der Waals surface area contributed by atoms with Crippen molar-refractivity contribution in [3.8, 4) is 0 Å². The quantitative estimate of drug-likeness (QED) is 0.126. The number of aliphatic hydroxyl groups is 5. The Labute approximate surface area is 251 Å². The lowest BCUT2D eigenvalue weighted by Gasteiger charge is -2.47. The van der Waals surface area contributed by atoms with Gasteiger partial charge in [-0.25, -0.2) is 4.79 Å². The summed E-state index contributed by atoms with van der Waals surface area (Å²) in [5, 5.41) is 58.6. The van der Waals surface area contributed by atoms with E-state index in [0.29, 0.717) is 31.6 Å². The third-order valence-corrected chi connectivity index (χ3v) is 7.22.